The summed E-state index contributed by atoms with van der Waals surface area (Å²) in [5.74, 6) is 0. The standard InChI is InChI=1S/C6H11ClN2O2S/c1-4-5(12(3,10)11)6(7)9(2)8-4/h5-6H,1-3H3. The first-order chi connectivity index (χ1) is 5.34. The molecule has 0 saturated carbocycles. The van der Waals surface area contributed by atoms with Crippen molar-refractivity contribution >= 4 is 27.1 Å². The monoisotopic (exact) mass is 210 g/mol. The first-order valence-electron chi connectivity index (χ1n) is 3.45. The van der Waals surface area contributed by atoms with E-state index in [0.29, 0.717) is 5.71 Å². The van der Waals surface area contributed by atoms with Crippen molar-refractivity contribution in [1.29, 1.82) is 0 Å². The highest BCUT2D eigenvalue weighted by Crippen LogP contribution is 2.22. The fourth-order valence-electron chi connectivity index (χ4n) is 1.27. The van der Waals surface area contributed by atoms with Crippen molar-refractivity contribution in [3.05, 3.63) is 0 Å². The summed E-state index contributed by atoms with van der Waals surface area (Å²) in [6.07, 6.45) is 1.17. The van der Waals surface area contributed by atoms with Crippen LogP contribution in [-0.2, 0) is 9.84 Å². The lowest BCUT2D eigenvalue weighted by Gasteiger charge is -2.16. The van der Waals surface area contributed by atoms with Crippen molar-refractivity contribution < 1.29 is 8.42 Å². The summed E-state index contributed by atoms with van der Waals surface area (Å²) in [7, 11) is -1.48. The molecule has 1 rings (SSSR count). The molecule has 0 bridgehead atoms. The molecule has 0 N–H and O–H groups in total. The van der Waals surface area contributed by atoms with Gasteiger partial charge in [0.05, 0.1) is 5.71 Å². The third-order valence-corrected chi connectivity index (χ3v) is 4.00. The summed E-state index contributed by atoms with van der Waals surface area (Å²) in [6.45, 7) is 1.67. The lowest BCUT2D eigenvalue weighted by Crippen LogP contribution is -2.36. The topological polar surface area (TPSA) is 49.7 Å². The van der Waals surface area contributed by atoms with Crippen molar-refractivity contribution in [3.8, 4) is 0 Å². The first-order valence-corrected chi connectivity index (χ1v) is 5.84. The van der Waals surface area contributed by atoms with Crippen LogP contribution in [0, 0.1) is 0 Å². The Balaban J connectivity index is 3.03. The molecule has 2 unspecified atom stereocenters. The van der Waals surface area contributed by atoms with Gasteiger partial charge >= 0.3 is 0 Å². The Labute approximate surface area is 77.1 Å². The third kappa shape index (κ3) is 1.56. The molecule has 70 valence electrons. The van der Waals surface area contributed by atoms with Crippen LogP contribution in [-0.4, -0.2) is 43.2 Å². The van der Waals surface area contributed by atoms with Gasteiger partial charge in [-0.1, -0.05) is 11.6 Å². The zero-order chi connectivity index (χ0) is 9.52. The lowest BCUT2D eigenvalue weighted by molar-refractivity contribution is 0.358. The molecule has 0 aromatic heterocycles. The van der Waals surface area contributed by atoms with Crippen LogP contribution in [0.25, 0.3) is 0 Å². The van der Waals surface area contributed by atoms with Gasteiger partial charge in [-0.05, 0) is 6.92 Å². The molecular weight excluding hydrogens is 200 g/mol. The van der Waals surface area contributed by atoms with Gasteiger partial charge in [0, 0.05) is 13.3 Å². The first kappa shape index (κ1) is 9.80. The summed E-state index contributed by atoms with van der Waals surface area (Å²) in [6, 6.07) is 0. The highest BCUT2D eigenvalue weighted by Gasteiger charge is 2.38. The van der Waals surface area contributed by atoms with Gasteiger partial charge in [0.1, 0.15) is 10.8 Å². The van der Waals surface area contributed by atoms with Gasteiger partial charge < -0.3 is 0 Å². The molecule has 0 amide bonds. The number of rotatable bonds is 1. The average molecular weight is 211 g/mol. The highest BCUT2D eigenvalue weighted by atomic mass is 35.5. The predicted molar refractivity (Wildman–Crippen MR) is 49.1 cm³/mol. The number of hydrogen-bond donors (Lipinski definition) is 0. The fourth-order valence-corrected chi connectivity index (χ4v) is 3.31. The van der Waals surface area contributed by atoms with Crippen LogP contribution in [0.4, 0.5) is 0 Å². The fraction of sp³-hybridized carbons (Fsp3) is 0.833. The Bertz CT molecular complexity index is 312. The van der Waals surface area contributed by atoms with Crippen molar-refractivity contribution in [2.75, 3.05) is 13.3 Å². The quantitative estimate of drug-likeness (QED) is 0.462. The van der Waals surface area contributed by atoms with Crippen molar-refractivity contribution in [1.82, 2.24) is 5.01 Å². The van der Waals surface area contributed by atoms with Crippen molar-refractivity contribution in [3.63, 3.8) is 0 Å². The average Bonchev–Trinajstić information content (AvgIpc) is 2.05. The summed E-state index contributed by atoms with van der Waals surface area (Å²) in [5, 5.41) is 4.75. The van der Waals surface area contributed by atoms with E-state index in [4.69, 9.17) is 11.6 Å². The minimum atomic E-state index is -3.14. The molecule has 2 atom stereocenters. The van der Waals surface area contributed by atoms with Gasteiger partial charge in [0.25, 0.3) is 0 Å². The molecule has 4 nitrogen and oxygen atoms in total. The molecule has 0 spiro atoms. The van der Waals surface area contributed by atoms with E-state index in [2.05, 4.69) is 5.10 Å². The van der Waals surface area contributed by atoms with Crippen LogP contribution < -0.4 is 0 Å². The molecule has 1 aliphatic rings. The third-order valence-electron chi connectivity index (χ3n) is 1.80. The molecule has 0 fully saturated rings. The van der Waals surface area contributed by atoms with E-state index in [-0.39, 0.29) is 0 Å². The van der Waals surface area contributed by atoms with Crippen LogP contribution in [0.3, 0.4) is 0 Å². The summed E-state index contributed by atoms with van der Waals surface area (Å²) < 4.78 is 22.4. The van der Waals surface area contributed by atoms with Crippen LogP contribution >= 0.6 is 11.6 Å². The smallest absolute Gasteiger partial charge is 0.159 e. The Hall–Kier alpha value is -0.290. The number of alkyl halides is 1. The molecule has 0 saturated heterocycles. The normalized spacial score (nSPS) is 30.7. The molecule has 0 aliphatic carbocycles. The van der Waals surface area contributed by atoms with E-state index in [9.17, 15) is 8.42 Å². The summed E-state index contributed by atoms with van der Waals surface area (Å²) >= 11 is 5.84. The largest absolute Gasteiger partial charge is 0.280 e. The second kappa shape index (κ2) is 2.88. The molecule has 1 aliphatic heterocycles. The summed E-state index contributed by atoms with van der Waals surface area (Å²) in [4.78, 5) is 0. The minimum absolute atomic E-state index is 0.556. The minimum Gasteiger partial charge on any atom is -0.280 e. The molecule has 0 radical (unpaired) electrons. The van der Waals surface area contributed by atoms with E-state index in [1.54, 1.807) is 14.0 Å². The second-order valence-electron chi connectivity index (χ2n) is 2.94. The van der Waals surface area contributed by atoms with Crippen LogP contribution in [0.5, 0.6) is 0 Å². The van der Waals surface area contributed by atoms with E-state index >= 15 is 0 Å². The van der Waals surface area contributed by atoms with Gasteiger partial charge in [-0.3, -0.25) is 5.01 Å². The van der Waals surface area contributed by atoms with E-state index in [1.807, 2.05) is 0 Å². The molecular formula is C6H11ClN2O2S. The molecule has 12 heavy (non-hydrogen) atoms. The van der Waals surface area contributed by atoms with Gasteiger partial charge in [0.15, 0.2) is 9.84 Å². The number of sulfone groups is 1. The van der Waals surface area contributed by atoms with Gasteiger partial charge in [-0.15, -0.1) is 0 Å². The van der Waals surface area contributed by atoms with Gasteiger partial charge in [-0.25, -0.2) is 8.42 Å². The van der Waals surface area contributed by atoms with E-state index in [1.165, 1.54) is 11.3 Å². The number of hydrogen-bond acceptors (Lipinski definition) is 4. The summed E-state index contributed by atoms with van der Waals surface area (Å²) in [5.41, 5.74) is -0.0139. The number of nitrogens with zero attached hydrogens (tertiary/aromatic N) is 2. The Morgan fingerprint density at radius 1 is 1.58 bits per heavy atom. The maximum Gasteiger partial charge on any atom is 0.159 e. The van der Waals surface area contributed by atoms with E-state index in [0.717, 1.165) is 0 Å². The van der Waals surface area contributed by atoms with Crippen molar-refractivity contribution in [2.24, 2.45) is 5.10 Å². The molecule has 1 heterocycles. The highest BCUT2D eigenvalue weighted by molar-refractivity contribution is 7.92. The van der Waals surface area contributed by atoms with Crippen LogP contribution in [0.1, 0.15) is 6.92 Å². The Kier molecular flexibility index (Phi) is 2.35. The lowest BCUT2D eigenvalue weighted by atomic mass is 10.3. The van der Waals surface area contributed by atoms with Gasteiger partial charge in [0.2, 0.25) is 0 Å². The second-order valence-corrected chi connectivity index (χ2v) is 5.55. The maximum atomic E-state index is 11.2. The maximum absolute atomic E-state index is 11.2. The number of hydrazone groups is 1. The Morgan fingerprint density at radius 2 is 2.08 bits per heavy atom. The molecule has 6 heteroatoms. The van der Waals surface area contributed by atoms with Crippen LogP contribution in [0.15, 0.2) is 5.10 Å². The Morgan fingerprint density at radius 3 is 2.25 bits per heavy atom. The number of halogens is 1. The zero-order valence-electron chi connectivity index (χ0n) is 7.15. The van der Waals surface area contributed by atoms with E-state index < -0.39 is 20.6 Å². The SMILES string of the molecule is CC1=NN(C)C(Cl)C1S(C)(=O)=O. The van der Waals surface area contributed by atoms with Crippen LogP contribution in [0.2, 0.25) is 0 Å². The predicted octanol–water partition coefficient (Wildman–Crippen LogP) is 0.286. The van der Waals surface area contributed by atoms with Gasteiger partial charge in [-0.2, -0.15) is 5.10 Å². The molecule has 0 aromatic carbocycles. The molecule has 0 aromatic rings. The van der Waals surface area contributed by atoms with Crippen molar-refractivity contribution in [2.45, 2.75) is 17.7 Å². The zero-order valence-corrected chi connectivity index (χ0v) is 8.72.